The van der Waals surface area contributed by atoms with E-state index in [2.05, 4.69) is 47.5 Å². The molecular formula is C20H34IN3O2. The van der Waals surface area contributed by atoms with Crippen molar-refractivity contribution in [2.24, 2.45) is 10.9 Å². The molecule has 0 aromatic heterocycles. The van der Waals surface area contributed by atoms with Gasteiger partial charge in [-0.2, -0.15) is 0 Å². The summed E-state index contributed by atoms with van der Waals surface area (Å²) in [5.74, 6) is 1.80. The van der Waals surface area contributed by atoms with Gasteiger partial charge in [0.05, 0.1) is 26.4 Å². The summed E-state index contributed by atoms with van der Waals surface area (Å²) in [6.45, 7) is 7.77. The molecule has 5 nitrogen and oxygen atoms in total. The van der Waals surface area contributed by atoms with Gasteiger partial charge < -0.3 is 19.7 Å². The van der Waals surface area contributed by atoms with E-state index in [9.17, 15) is 0 Å². The van der Waals surface area contributed by atoms with Crippen molar-refractivity contribution in [1.29, 1.82) is 0 Å². The normalized spacial score (nSPS) is 15.6. The first-order valence-electron chi connectivity index (χ1n) is 9.47. The van der Waals surface area contributed by atoms with Gasteiger partial charge in [-0.1, -0.05) is 30.3 Å². The van der Waals surface area contributed by atoms with Crippen molar-refractivity contribution >= 4 is 29.9 Å². The van der Waals surface area contributed by atoms with Crippen LogP contribution in [0.15, 0.2) is 35.3 Å². The molecule has 0 aliphatic carbocycles. The molecule has 0 saturated carbocycles. The summed E-state index contributed by atoms with van der Waals surface area (Å²) in [4.78, 5) is 7.10. The van der Waals surface area contributed by atoms with Crippen molar-refractivity contribution in [3.05, 3.63) is 35.9 Å². The lowest BCUT2D eigenvalue weighted by molar-refractivity contribution is 0.0747. The zero-order valence-corrected chi connectivity index (χ0v) is 18.5. The molecule has 0 unspecified atom stereocenters. The van der Waals surface area contributed by atoms with Crippen molar-refractivity contribution in [2.75, 3.05) is 53.1 Å². The third kappa shape index (κ3) is 8.68. The molecule has 1 aliphatic rings. The molecule has 0 spiro atoms. The van der Waals surface area contributed by atoms with Gasteiger partial charge in [0.2, 0.25) is 0 Å². The Balaban J connectivity index is 0.00000338. The first-order valence-corrected chi connectivity index (χ1v) is 9.47. The number of rotatable bonds is 9. The van der Waals surface area contributed by atoms with Crippen molar-refractivity contribution < 1.29 is 9.47 Å². The molecule has 1 saturated heterocycles. The number of ether oxygens (including phenoxy) is 2. The Labute approximate surface area is 175 Å². The second-order valence-electron chi connectivity index (χ2n) is 6.46. The Hall–Kier alpha value is -0.860. The zero-order chi connectivity index (χ0) is 17.7. The molecule has 1 N–H and O–H groups in total. The summed E-state index contributed by atoms with van der Waals surface area (Å²) in [5, 5.41) is 3.41. The van der Waals surface area contributed by atoms with Gasteiger partial charge in [-0.3, -0.25) is 4.99 Å². The average molecular weight is 475 g/mol. The Kier molecular flexibility index (Phi) is 12.7. The highest BCUT2D eigenvalue weighted by Gasteiger charge is 2.21. The second kappa shape index (κ2) is 14.2. The lowest BCUT2D eigenvalue weighted by atomic mass is 9.90. The summed E-state index contributed by atoms with van der Waals surface area (Å²) < 4.78 is 10.5. The molecule has 2 rings (SSSR count). The van der Waals surface area contributed by atoms with Crippen molar-refractivity contribution in [3.63, 3.8) is 0 Å². The molecule has 1 aliphatic heterocycles. The third-order valence-corrected chi connectivity index (χ3v) is 4.55. The van der Waals surface area contributed by atoms with E-state index in [-0.39, 0.29) is 24.0 Å². The fourth-order valence-electron chi connectivity index (χ4n) is 3.18. The molecule has 26 heavy (non-hydrogen) atoms. The number of nitrogens with one attached hydrogen (secondary N) is 1. The molecule has 1 aromatic carbocycles. The van der Waals surface area contributed by atoms with Crippen LogP contribution in [0.25, 0.3) is 0 Å². The molecule has 148 valence electrons. The summed E-state index contributed by atoms with van der Waals surface area (Å²) in [6, 6.07) is 10.8. The van der Waals surface area contributed by atoms with Gasteiger partial charge in [-0.15, -0.1) is 24.0 Å². The number of halogens is 1. The number of nitrogens with zero attached hydrogens (tertiary/aromatic N) is 2. The molecule has 0 radical (unpaired) electrons. The highest BCUT2D eigenvalue weighted by Crippen LogP contribution is 2.21. The molecule has 0 bridgehead atoms. The van der Waals surface area contributed by atoms with Crippen molar-refractivity contribution in [1.82, 2.24) is 10.2 Å². The van der Waals surface area contributed by atoms with Gasteiger partial charge in [0, 0.05) is 26.7 Å². The number of methoxy groups -OCH3 is 1. The van der Waals surface area contributed by atoms with E-state index in [1.165, 1.54) is 24.8 Å². The maximum atomic E-state index is 5.49. The zero-order valence-electron chi connectivity index (χ0n) is 16.2. The van der Waals surface area contributed by atoms with Gasteiger partial charge >= 0.3 is 0 Å². The summed E-state index contributed by atoms with van der Waals surface area (Å²) in [5.41, 5.74) is 1.45. The van der Waals surface area contributed by atoms with E-state index in [4.69, 9.17) is 14.5 Å². The van der Waals surface area contributed by atoms with Crippen molar-refractivity contribution in [3.8, 4) is 0 Å². The first kappa shape index (κ1) is 23.2. The lowest BCUT2D eigenvalue weighted by Crippen LogP contribution is -2.46. The molecule has 0 atom stereocenters. The molecule has 1 aromatic rings. The van der Waals surface area contributed by atoms with Crippen LogP contribution in [-0.4, -0.2) is 64.0 Å². The Morgan fingerprint density at radius 2 is 1.88 bits per heavy atom. The van der Waals surface area contributed by atoms with Crippen LogP contribution in [0.5, 0.6) is 0 Å². The van der Waals surface area contributed by atoms with E-state index >= 15 is 0 Å². The van der Waals surface area contributed by atoms with Crippen LogP contribution in [0, 0.1) is 5.92 Å². The summed E-state index contributed by atoms with van der Waals surface area (Å²) in [7, 11) is 1.69. The topological polar surface area (TPSA) is 46.1 Å². The smallest absolute Gasteiger partial charge is 0.193 e. The van der Waals surface area contributed by atoms with E-state index in [1.54, 1.807) is 7.11 Å². The second-order valence-corrected chi connectivity index (χ2v) is 6.46. The maximum Gasteiger partial charge on any atom is 0.193 e. The minimum absolute atomic E-state index is 0. The number of guanidine groups is 1. The van der Waals surface area contributed by atoms with Crippen LogP contribution in [-0.2, 0) is 15.9 Å². The highest BCUT2D eigenvalue weighted by molar-refractivity contribution is 14.0. The molecule has 6 heteroatoms. The fourth-order valence-corrected chi connectivity index (χ4v) is 3.18. The van der Waals surface area contributed by atoms with Crippen LogP contribution in [0.2, 0.25) is 0 Å². The van der Waals surface area contributed by atoms with Gasteiger partial charge in [-0.25, -0.2) is 0 Å². The van der Waals surface area contributed by atoms with E-state index in [0.717, 1.165) is 31.5 Å². The maximum absolute atomic E-state index is 5.49. The standard InChI is InChI=1S/C20H33N3O2.HI/c1-3-21-20(22-11-14-25-16-15-24-2)23-12-9-19(10-13-23)17-18-7-5-4-6-8-18;/h4-8,19H,3,9-17H2,1-2H3,(H,21,22);1H. The predicted octanol–water partition coefficient (Wildman–Crippen LogP) is 3.19. The minimum atomic E-state index is 0. The van der Waals surface area contributed by atoms with E-state index in [1.807, 2.05) is 0 Å². The van der Waals surface area contributed by atoms with Crippen LogP contribution in [0.3, 0.4) is 0 Å². The van der Waals surface area contributed by atoms with Crippen LogP contribution >= 0.6 is 24.0 Å². The molecule has 1 fully saturated rings. The first-order chi connectivity index (χ1) is 12.3. The Morgan fingerprint density at radius 1 is 1.15 bits per heavy atom. The van der Waals surface area contributed by atoms with Crippen LogP contribution < -0.4 is 5.32 Å². The summed E-state index contributed by atoms with van der Waals surface area (Å²) >= 11 is 0. The molecule has 1 heterocycles. The SMILES string of the molecule is CCNC(=NCCOCCOC)N1CCC(Cc2ccccc2)CC1.I. The van der Waals surface area contributed by atoms with E-state index in [0.29, 0.717) is 26.4 Å². The summed E-state index contributed by atoms with van der Waals surface area (Å²) in [6.07, 6.45) is 3.64. The van der Waals surface area contributed by atoms with E-state index < -0.39 is 0 Å². The van der Waals surface area contributed by atoms with Crippen LogP contribution in [0.4, 0.5) is 0 Å². The van der Waals surface area contributed by atoms with Crippen LogP contribution in [0.1, 0.15) is 25.3 Å². The van der Waals surface area contributed by atoms with Gasteiger partial charge in [0.25, 0.3) is 0 Å². The Morgan fingerprint density at radius 3 is 2.54 bits per heavy atom. The number of likely N-dealkylation sites (tertiary alicyclic amines) is 1. The Bertz CT molecular complexity index is 491. The monoisotopic (exact) mass is 475 g/mol. The lowest BCUT2D eigenvalue weighted by Gasteiger charge is -2.34. The fraction of sp³-hybridized carbons (Fsp3) is 0.650. The molecular weight excluding hydrogens is 441 g/mol. The quantitative estimate of drug-likeness (QED) is 0.258. The average Bonchev–Trinajstić information content (AvgIpc) is 2.65. The van der Waals surface area contributed by atoms with Gasteiger partial charge in [0.15, 0.2) is 5.96 Å². The van der Waals surface area contributed by atoms with Gasteiger partial charge in [-0.05, 0) is 37.7 Å². The van der Waals surface area contributed by atoms with Gasteiger partial charge in [0.1, 0.15) is 0 Å². The molecule has 0 amide bonds. The highest BCUT2D eigenvalue weighted by atomic mass is 127. The number of hydrogen-bond donors (Lipinski definition) is 1. The van der Waals surface area contributed by atoms with Crippen molar-refractivity contribution in [2.45, 2.75) is 26.2 Å². The number of aliphatic imine (C=N–C) groups is 1. The number of benzene rings is 1. The number of hydrogen-bond acceptors (Lipinski definition) is 3. The third-order valence-electron chi connectivity index (χ3n) is 4.55. The largest absolute Gasteiger partial charge is 0.382 e. The minimum Gasteiger partial charge on any atom is -0.382 e. The number of piperidine rings is 1. The predicted molar refractivity (Wildman–Crippen MR) is 119 cm³/mol.